The quantitative estimate of drug-likeness (QED) is 0.565. The van der Waals surface area contributed by atoms with E-state index in [-0.39, 0.29) is 0 Å². The highest BCUT2D eigenvalue weighted by Crippen LogP contribution is 2.13. The normalized spacial score (nSPS) is 16.3. The minimum atomic E-state index is 0.330. The van der Waals surface area contributed by atoms with Crippen molar-refractivity contribution in [3.8, 4) is 0 Å². The highest BCUT2D eigenvalue weighted by Gasteiger charge is 2.07. The second-order valence-corrected chi connectivity index (χ2v) is 2.81. The van der Waals surface area contributed by atoms with Crippen LogP contribution in [0.4, 0.5) is 0 Å². The van der Waals surface area contributed by atoms with Crippen molar-refractivity contribution in [1.82, 2.24) is 0 Å². The Morgan fingerprint density at radius 1 is 1.55 bits per heavy atom. The van der Waals surface area contributed by atoms with Gasteiger partial charge in [0.05, 0.1) is 0 Å². The second kappa shape index (κ2) is 4.12. The summed E-state index contributed by atoms with van der Waals surface area (Å²) in [7, 11) is 0. The highest BCUT2D eigenvalue weighted by atomic mass is 16.1. The first-order valence-corrected chi connectivity index (χ1v) is 4.22. The lowest BCUT2D eigenvalue weighted by atomic mass is 9.99. The summed E-state index contributed by atoms with van der Waals surface area (Å²) in [6.45, 7) is 2.04. The average molecular weight is 150 g/mol. The second-order valence-electron chi connectivity index (χ2n) is 2.81. The molecule has 0 N–H and O–H groups in total. The first kappa shape index (κ1) is 8.25. The molecule has 0 saturated heterocycles. The summed E-state index contributed by atoms with van der Waals surface area (Å²) < 4.78 is 0. The zero-order valence-electron chi connectivity index (χ0n) is 6.97. The van der Waals surface area contributed by atoms with Gasteiger partial charge in [-0.25, -0.2) is 0 Å². The van der Waals surface area contributed by atoms with E-state index in [2.05, 4.69) is 12.2 Å². The van der Waals surface area contributed by atoms with Gasteiger partial charge in [0.25, 0.3) is 0 Å². The maximum atomic E-state index is 11.3. The molecule has 1 aliphatic rings. The van der Waals surface area contributed by atoms with Gasteiger partial charge < -0.3 is 0 Å². The van der Waals surface area contributed by atoms with Gasteiger partial charge in [-0.1, -0.05) is 25.2 Å². The lowest BCUT2D eigenvalue weighted by Crippen LogP contribution is -2.02. The largest absolute Gasteiger partial charge is 0.295 e. The van der Waals surface area contributed by atoms with Crippen LogP contribution >= 0.6 is 0 Å². The molecule has 0 amide bonds. The summed E-state index contributed by atoms with van der Waals surface area (Å²) in [6, 6.07) is 0. The molecule has 1 nitrogen and oxygen atoms in total. The predicted octanol–water partition coefficient (Wildman–Crippen LogP) is 2.63. The molecule has 0 aromatic heterocycles. The van der Waals surface area contributed by atoms with Crippen LogP contribution in [0.5, 0.6) is 0 Å². The molecule has 0 aliphatic heterocycles. The minimum absolute atomic E-state index is 0.330. The van der Waals surface area contributed by atoms with E-state index in [0.717, 1.165) is 24.8 Å². The molecule has 11 heavy (non-hydrogen) atoms. The van der Waals surface area contributed by atoms with Gasteiger partial charge in [-0.05, 0) is 24.8 Å². The van der Waals surface area contributed by atoms with Gasteiger partial charge in [0.15, 0.2) is 5.78 Å². The molecule has 0 fully saturated rings. The van der Waals surface area contributed by atoms with Crippen LogP contribution in [0.1, 0.15) is 32.6 Å². The first-order chi connectivity index (χ1) is 5.34. The molecule has 1 heteroatoms. The third-order valence-corrected chi connectivity index (χ3v) is 1.84. The van der Waals surface area contributed by atoms with Crippen molar-refractivity contribution in [2.75, 3.05) is 0 Å². The lowest BCUT2D eigenvalue weighted by Gasteiger charge is -2.05. The van der Waals surface area contributed by atoms with Crippen molar-refractivity contribution in [3.63, 3.8) is 0 Å². The Hall–Kier alpha value is -0.850. The van der Waals surface area contributed by atoms with Gasteiger partial charge in [-0.3, -0.25) is 4.79 Å². The fourth-order valence-corrected chi connectivity index (χ4v) is 1.22. The fourth-order valence-electron chi connectivity index (χ4n) is 1.22. The molecular weight excluding hydrogens is 136 g/mol. The molecule has 0 aromatic rings. The van der Waals surface area contributed by atoms with Crippen LogP contribution in [-0.4, -0.2) is 5.78 Å². The van der Waals surface area contributed by atoms with Crippen molar-refractivity contribution >= 4 is 5.78 Å². The van der Waals surface area contributed by atoms with E-state index >= 15 is 0 Å². The van der Waals surface area contributed by atoms with Crippen LogP contribution < -0.4 is 0 Å². The Balaban J connectivity index is 2.46. The number of hydrogen-bond donors (Lipinski definition) is 0. The molecule has 0 saturated carbocycles. The van der Waals surface area contributed by atoms with Gasteiger partial charge in [0.2, 0.25) is 0 Å². The van der Waals surface area contributed by atoms with E-state index in [4.69, 9.17) is 0 Å². The van der Waals surface area contributed by atoms with Gasteiger partial charge in [0, 0.05) is 6.42 Å². The minimum Gasteiger partial charge on any atom is -0.295 e. The van der Waals surface area contributed by atoms with Crippen molar-refractivity contribution < 1.29 is 4.79 Å². The maximum absolute atomic E-state index is 11.3. The van der Waals surface area contributed by atoms with Crippen LogP contribution in [0, 0.1) is 0 Å². The number of Topliss-reactive ketones (excluding diaryl/α,β-unsaturated/α-hetero) is 1. The smallest absolute Gasteiger partial charge is 0.158 e. The summed E-state index contributed by atoms with van der Waals surface area (Å²) in [5.41, 5.74) is 1.01. The van der Waals surface area contributed by atoms with Gasteiger partial charge >= 0.3 is 0 Å². The number of carbonyl (C=O) groups is 1. The van der Waals surface area contributed by atoms with Gasteiger partial charge in [0.1, 0.15) is 0 Å². The number of carbonyl (C=O) groups excluding carboxylic acids is 1. The lowest BCUT2D eigenvalue weighted by molar-refractivity contribution is -0.115. The number of ketones is 1. The molecule has 60 valence electrons. The fraction of sp³-hybridized carbons (Fsp3) is 0.500. The van der Waals surface area contributed by atoms with E-state index in [9.17, 15) is 4.79 Å². The Morgan fingerprint density at radius 2 is 2.36 bits per heavy atom. The van der Waals surface area contributed by atoms with E-state index in [1.54, 1.807) is 0 Å². The Labute approximate surface area is 67.8 Å². The SMILES string of the molecule is CCCC(=O)C1=CCC=CC1. The Morgan fingerprint density at radius 3 is 2.91 bits per heavy atom. The van der Waals surface area contributed by atoms with Crippen LogP contribution in [-0.2, 0) is 4.79 Å². The molecule has 0 atom stereocenters. The molecule has 0 heterocycles. The molecular formula is C10H14O. The van der Waals surface area contributed by atoms with Crippen LogP contribution in [0.15, 0.2) is 23.8 Å². The van der Waals surface area contributed by atoms with Crippen LogP contribution in [0.3, 0.4) is 0 Å². The molecule has 1 aliphatic carbocycles. The first-order valence-electron chi connectivity index (χ1n) is 4.22. The summed E-state index contributed by atoms with van der Waals surface area (Å²) >= 11 is 0. The highest BCUT2D eigenvalue weighted by molar-refractivity contribution is 5.95. The Kier molecular flexibility index (Phi) is 3.09. The molecule has 0 unspecified atom stereocenters. The molecule has 0 radical (unpaired) electrons. The summed E-state index contributed by atoms with van der Waals surface area (Å²) in [5, 5.41) is 0. The van der Waals surface area contributed by atoms with E-state index in [1.807, 2.05) is 13.0 Å². The monoisotopic (exact) mass is 150 g/mol. The topological polar surface area (TPSA) is 17.1 Å². The van der Waals surface area contributed by atoms with E-state index in [1.165, 1.54) is 0 Å². The van der Waals surface area contributed by atoms with Crippen molar-refractivity contribution in [3.05, 3.63) is 23.8 Å². The van der Waals surface area contributed by atoms with Crippen LogP contribution in [0.2, 0.25) is 0 Å². The summed E-state index contributed by atoms with van der Waals surface area (Å²) in [5.74, 6) is 0.330. The zero-order valence-corrected chi connectivity index (χ0v) is 6.97. The van der Waals surface area contributed by atoms with Crippen molar-refractivity contribution in [2.45, 2.75) is 32.6 Å². The maximum Gasteiger partial charge on any atom is 0.158 e. The zero-order chi connectivity index (χ0) is 8.10. The number of allylic oxidation sites excluding steroid dienone is 4. The molecule has 0 spiro atoms. The molecule has 0 bridgehead atoms. The molecule has 1 rings (SSSR count). The van der Waals surface area contributed by atoms with Crippen LogP contribution in [0.25, 0.3) is 0 Å². The number of hydrogen-bond acceptors (Lipinski definition) is 1. The third-order valence-electron chi connectivity index (χ3n) is 1.84. The van der Waals surface area contributed by atoms with E-state index < -0.39 is 0 Å². The standard InChI is InChI=1S/C10H14O/c1-2-6-10(11)9-7-4-3-5-8-9/h3-4,8H,2,5-7H2,1H3. The molecule has 0 aromatic carbocycles. The average Bonchev–Trinajstić information content (AvgIpc) is 2.07. The van der Waals surface area contributed by atoms with Gasteiger partial charge in [-0.2, -0.15) is 0 Å². The Bertz CT molecular complexity index is 199. The predicted molar refractivity (Wildman–Crippen MR) is 46.4 cm³/mol. The third kappa shape index (κ3) is 2.34. The summed E-state index contributed by atoms with van der Waals surface area (Å²) in [6.07, 6.45) is 9.66. The summed E-state index contributed by atoms with van der Waals surface area (Å²) in [4.78, 5) is 11.3. The van der Waals surface area contributed by atoms with Gasteiger partial charge in [-0.15, -0.1) is 0 Å². The number of rotatable bonds is 3. The van der Waals surface area contributed by atoms with Crippen molar-refractivity contribution in [2.24, 2.45) is 0 Å². The van der Waals surface area contributed by atoms with E-state index in [0.29, 0.717) is 12.2 Å². The van der Waals surface area contributed by atoms with Crippen molar-refractivity contribution in [1.29, 1.82) is 0 Å².